The van der Waals surface area contributed by atoms with E-state index in [2.05, 4.69) is 25.6 Å². The SMILES string of the molecule is Cc1nnc(-c2ccc(C(=O)OCc3ccc4n[nH]nc4c3)cc2)o1. The summed E-state index contributed by atoms with van der Waals surface area (Å²) in [6.45, 7) is 1.88. The van der Waals surface area contributed by atoms with Gasteiger partial charge in [0.2, 0.25) is 11.8 Å². The zero-order valence-corrected chi connectivity index (χ0v) is 13.3. The number of benzene rings is 2. The summed E-state index contributed by atoms with van der Waals surface area (Å²) in [6.07, 6.45) is 0. The van der Waals surface area contributed by atoms with Gasteiger partial charge in [-0.1, -0.05) is 6.07 Å². The lowest BCUT2D eigenvalue weighted by molar-refractivity contribution is 0.0473. The van der Waals surface area contributed by atoms with Gasteiger partial charge >= 0.3 is 5.97 Å². The Labute approximate surface area is 141 Å². The van der Waals surface area contributed by atoms with Crippen LogP contribution in [-0.2, 0) is 11.3 Å². The van der Waals surface area contributed by atoms with Gasteiger partial charge in [-0.15, -0.1) is 10.2 Å². The summed E-state index contributed by atoms with van der Waals surface area (Å²) in [5.74, 6) is 0.495. The highest BCUT2D eigenvalue weighted by molar-refractivity contribution is 5.89. The fourth-order valence-corrected chi connectivity index (χ4v) is 2.37. The first-order valence-electron chi connectivity index (χ1n) is 7.56. The van der Waals surface area contributed by atoms with Crippen LogP contribution in [0.1, 0.15) is 21.8 Å². The molecule has 0 saturated carbocycles. The van der Waals surface area contributed by atoms with Gasteiger partial charge in [-0.2, -0.15) is 15.4 Å². The van der Waals surface area contributed by atoms with Crippen LogP contribution in [0.25, 0.3) is 22.5 Å². The molecule has 0 aliphatic heterocycles. The van der Waals surface area contributed by atoms with E-state index in [4.69, 9.17) is 9.15 Å². The van der Waals surface area contributed by atoms with Gasteiger partial charge in [-0.05, 0) is 42.0 Å². The van der Waals surface area contributed by atoms with Crippen molar-refractivity contribution in [1.29, 1.82) is 0 Å². The van der Waals surface area contributed by atoms with Gasteiger partial charge in [0, 0.05) is 12.5 Å². The van der Waals surface area contributed by atoms with Crippen LogP contribution in [0, 0.1) is 6.92 Å². The van der Waals surface area contributed by atoms with Crippen LogP contribution in [0.5, 0.6) is 0 Å². The maximum Gasteiger partial charge on any atom is 0.338 e. The maximum absolute atomic E-state index is 12.2. The molecule has 0 spiro atoms. The number of esters is 1. The number of nitrogens with one attached hydrogen (secondary N) is 1. The third-order valence-corrected chi connectivity index (χ3v) is 3.64. The van der Waals surface area contributed by atoms with Crippen LogP contribution < -0.4 is 0 Å². The molecule has 0 amide bonds. The van der Waals surface area contributed by atoms with Crippen molar-refractivity contribution in [3.05, 3.63) is 59.5 Å². The van der Waals surface area contributed by atoms with Crippen molar-refractivity contribution in [2.75, 3.05) is 0 Å². The van der Waals surface area contributed by atoms with Gasteiger partial charge in [0.25, 0.3) is 0 Å². The molecule has 124 valence electrons. The van der Waals surface area contributed by atoms with E-state index >= 15 is 0 Å². The summed E-state index contributed by atoms with van der Waals surface area (Å²) in [5, 5.41) is 18.3. The Hall–Kier alpha value is -3.55. The number of carbonyl (C=O) groups is 1. The number of hydrogen-bond acceptors (Lipinski definition) is 7. The second-order valence-corrected chi connectivity index (χ2v) is 5.43. The number of aryl methyl sites for hydroxylation is 1. The topological polar surface area (TPSA) is 107 Å². The van der Waals surface area contributed by atoms with Crippen LogP contribution in [0.15, 0.2) is 46.9 Å². The first-order valence-corrected chi connectivity index (χ1v) is 7.56. The largest absolute Gasteiger partial charge is 0.457 e. The number of rotatable bonds is 4. The zero-order valence-electron chi connectivity index (χ0n) is 13.3. The third-order valence-electron chi connectivity index (χ3n) is 3.64. The molecule has 8 heteroatoms. The van der Waals surface area contributed by atoms with Crippen molar-refractivity contribution in [2.45, 2.75) is 13.5 Å². The highest BCUT2D eigenvalue weighted by Gasteiger charge is 2.11. The summed E-state index contributed by atoms with van der Waals surface area (Å²) in [7, 11) is 0. The van der Waals surface area contributed by atoms with Gasteiger partial charge in [-0.25, -0.2) is 4.79 Å². The average Bonchev–Trinajstić information content (AvgIpc) is 3.28. The molecular weight excluding hydrogens is 322 g/mol. The molecule has 4 aromatic rings. The number of aromatic nitrogens is 5. The Balaban J connectivity index is 1.43. The minimum absolute atomic E-state index is 0.159. The minimum Gasteiger partial charge on any atom is -0.457 e. The van der Waals surface area contributed by atoms with E-state index < -0.39 is 5.97 Å². The predicted octanol–water partition coefficient (Wildman–Crippen LogP) is 2.67. The Morgan fingerprint density at radius 2 is 1.88 bits per heavy atom. The lowest BCUT2D eigenvalue weighted by Gasteiger charge is -2.05. The molecule has 8 nitrogen and oxygen atoms in total. The molecule has 2 heterocycles. The lowest BCUT2D eigenvalue weighted by Crippen LogP contribution is -2.05. The number of ether oxygens (including phenoxy) is 1. The van der Waals surface area contributed by atoms with Crippen LogP contribution >= 0.6 is 0 Å². The Morgan fingerprint density at radius 3 is 2.64 bits per heavy atom. The second-order valence-electron chi connectivity index (χ2n) is 5.43. The van der Waals surface area contributed by atoms with Crippen LogP contribution in [0.2, 0.25) is 0 Å². The fraction of sp³-hybridized carbons (Fsp3) is 0.118. The average molecular weight is 335 g/mol. The number of aromatic amines is 1. The van der Waals surface area contributed by atoms with Crippen molar-refractivity contribution in [1.82, 2.24) is 25.6 Å². The minimum atomic E-state index is -0.409. The van der Waals surface area contributed by atoms with Crippen molar-refractivity contribution in [3.8, 4) is 11.5 Å². The first kappa shape index (κ1) is 15.0. The van der Waals surface area contributed by atoms with Gasteiger partial charge < -0.3 is 9.15 Å². The molecule has 0 aliphatic carbocycles. The van der Waals surface area contributed by atoms with E-state index in [-0.39, 0.29) is 6.61 Å². The normalized spacial score (nSPS) is 10.9. The van der Waals surface area contributed by atoms with E-state index in [1.54, 1.807) is 31.2 Å². The molecule has 25 heavy (non-hydrogen) atoms. The van der Waals surface area contributed by atoms with Gasteiger partial charge in [0.15, 0.2) is 0 Å². The van der Waals surface area contributed by atoms with Crippen molar-refractivity contribution < 1.29 is 13.9 Å². The zero-order chi connectivity index (χ0) is 17.2. The van der Waals surface area contributed by atoms with Crippen LogP contribution in [0.4, 0.5) is 0 Å². The van der Waals surface area contributed by atoms with Gasteiger partial charge in [0.05, 0.1) is 5.56 Å². The van der Waals surface area contributed by atoms with E-state index in [1.807, 2.05) is 18.2 Å². The van der Waals surface area contributed by atoms with E-state index in [0.29, 0.717) is 17.3 Å². The van der Waals surface area contributed by atoms with E-state index in [1.165, 1.54) is 0 Å². The summed E-state index contributed by atoms with van der Waals surface area (Å²) < 4.78 is 10.7. The third kappa shape index (κ3) is 3.09. The summed E-state index contributed by atoms with van der Waals surface area (Å²) in [5.41, 5.74) is 3.53. The molecular formula is C17H13N5O3. The first-order chi connectivity index (χ1) is 12.2. The van der Waals surface area contributed by atoms with E-state index in [0.717, 1.165) is 22.2 Å². The molecule has 0 atom stereocenters. The summed E-state index contributed by atoms with van der Waals surface area (Å²) in [4.78, 5) is 12.2. The van der Waals surface area contributed by atoms with Gasteiger partial charge in [-0.3, -0.25) is 0 Å². The molecule has 4 rings (SSSR count). The molecule has 0 radical (unpaired) electrons. The molecule has 0 saturated heterocycles. The number of fused-ring (bicyclic) bond motifs is 1. The molecule has 2 aromatic carbocycles. The monoisotopic (exact) mass is 335 g/mol. The number of hydrogen-bond donors (Lipinski definition) is 1. The predicted molar refractivity (Wildman–Crippen MR) is 87.5 cm³/mol. The number of nitrogens with zero attached hydrogens (tertiary/aromatic N) is 4. The summed E-state index contributed by atoms with van der Waals surface area (Å²) in [6, 6.07) is 12.3. The smallest absolute Gasteiger partial charge is 0.338 e. The van der Waals surface area contributed by atoms with Gasteiger partial charge in [0.1, 0.15) is 17.6 Å². The highest BCUT2D eigenvalue weighted by Crippen LogP contribution is 2.19. The van der Waals surface area contributed by atoms with Crippen molar-refractivity contribution in [2.24, 2.45) is 0 Å². The lowest BCUT2D eigenvalue weighted by atomic mass is 10.1. The van der Waals surface area contributed by atoms with Crippen LogP contribution in [-0.4, -0.2) is 31.6 Å². The molecule has 0 aliphatic rings. The van der Waals surface area contributed by atoms with E-state index in [9.17, 15) is 4.79 Å². The molecule has 0 fully saturated rings. The molecule has 1 N–H and O–H groups in total. The quantitative estimate of drug-likeness (QED) is 0.571. The van der Waals surface area contributed by atoms with Crippen molar-refractivity contribution >= 4 is 17.0 Å². The van der Waals surface area contributed by atoms with Crippen LogP contribution in [0.3, 0.4) is 0 Å². The molecule has 0 unspecified atom stereocenters. The fourth-order valence-electron chi connectivity index (χ4n) is 2.37. The Morgan fingerprint density at radius 1 is 1.08 bits per heavy atom. The highest BCUT2D eigenvalue weighted by atomic mass is 16.5. The van der Waals surface area contributed by atoms with Crippen molar-refractivity contribution in [3.63, 3.8) is 0 Å². The Kier molecular flexibility index (Phi) is 3.70. The number of carbonyl (C=O) groups excluding carboxylic acids is 1. The summed E-state index contributed by atoms with van der Waals surface area (Å²) >= 11 is 0. The molecule has 2 aromatic heterocycles. The molecule has 0 bridgehead atoms. The second kappa shape index (κ2) is 6.16. The standard InChI is InChI=1S/C17H13N5O3/c1-10-18-21-16(25-10)12-3-5-13(6-4-12)17(23)24-9-11-2-7-14-15(8-11)20-22-19-14/h2-8H,9H2,1H3,(H,19,20,22). The Bertz CT molecular complexity index is 1040. The number of H-pyrrole nitrogens is 1. The maximum atomic E-state index is 12.2.